The van der Waals surface area contributed by atoms with Crippen LogP contribution < -0.4 is 14.8 Å². The third-order valence-corrected chi connectivity index (χ3v) is 4.25. The summed E-state index contributed by atoms with van der Waals surface area (Å²) in [6, 6.07) is 9.73. The number of benzene rings is 1. The number of nitrogens with zero attached hydrogens (tertiary/aromatic N) is 2. The lowest BCUT2D eigenvalue weighted by atomic mass is 10.2. The van der Waals surface area contributed by atoms with E-state index < -0.39 is 0 Å². The molecule has 1 aliphatic rings. The van der Waals surface area contributed by atoms with Gasteiger partial charge in [0.05, 0.1) is 17.6 Å². The number of carbonyl (C=O) groups excluding carboxylic acids is 1. The number of aromatic nitrogens is 1. The van der Waals surface area contributed by atoms with Gasteiger partial charge in [0.25, 0.3) is 5.91 Å². The molecule has 0 aliphatic carbocycles. The number of nitriles is 1. The molecule has 0 bridgehead atoms. The first kappa shape index (κ1) is 16.9. The summed E-state index contributed by atoms with van der Waals surface area (Å²) in [5, 5.41) is 11.7. The number of aryl methyl sites for hydroxylation is 1. The lowest BCUT2D eigenvalue weighted by molar-refractivity contribution is 0.0950. The zero-order valence-corrected chi connectivity index (χ0v) is 14.6. The fraction of sp³-hybridized carbons (Fsp3) is 0.368. The number of ether oxygens (including phenoxy) is 2. The molecule has 0 radical (unpaired) electrons. The molecule has 1 aromatic heterocycles. The Balaban J connectivity index is 1.90. The summed E-state index contributed by atoms with van der Waals surface area (Å²) < 4.78 is 13.2. The molecule has 130 valence electrons. The highest BCUT2D eigenvalue weighted by molar-refractivity contribution is 5.96. The lowest BCUT2D eigenvalue weighted by Gasteiger charge is -2.20. The summed E-state index contributed by atoms with van der Waals surface area (Å²) in [6.45, 7) is 7.07. The molecule has 25 heavy (non-hydrogen) atoms. The molecule has 2 heterocycles. The van der Waals surface area contributed by atoms with Gasteiger partial charge >= 0.3 is 0 Å². The molecule has 1 N–H and O–H groups in total. The maximum atomic E-state index is 12.4. The predicted molar refractivity (Wildman–Crippen MR) is 93.3 cm³/mol. The molecule has 6 nitrogen and oxygen atoms in total. The highest BCUT2D eigenvalue weighted by atomic mass is 16.6. The molecule has 0 spiro atoms. The molecule has 6 heteroatoms. The Kier molecular flexibility index (Phi) is 4.66. The van der Waals surface area contributed by atoms with Crippen LogP contribution in [0.5, 0.6) is 11.5 Å². The van der Waals surface area contributed by atoms with Crippen LogP contribution >= 0.6 is 0 Å². The average molecular weight is 339 g/mol. The van der Waals surface area contributed by atoms with Crippen molar-refractivity contribution in [3.05, 3.63) is 41.2 Å². The molecule has 1 atom stereocenters. The van der Waals surface area contributed by atoms with E-state index in [4.69, 9.17) is 14.7 Å². The summed E-state index contributed by atoms with van der Waals surface area (Å²) in [5.41, 5.74) is 3.32. The van der Waals surface area contributed by atoms with E-state index in [2.05, 4.69) is 11.4 Å². The highest BCUT2D eigenvalue weighted by Gasteiger charge is 2.19. The van der Waals surface area contributed by atoms with Crippen LogP contribution in [0.4, 0.5) is 0 Å². The van der Waals surface area contributed by atoms with Crippen LogP contribution in [0.1, 0.15) is 28.7 Å². The molecule has 0 fully saturated rings. The summed E-state index contributed by atoms with van der Waals surface area (Å²) in [5.74, 6) is 1.07. The average Bonchev–Trinajstić information content (AvgIpc) is 2.93. The summed E-state index contributed by atoms with van der Waals surface area (Å²) >= 11 is 0. The number of hydrogen-bond acceptors (Lipinski definition) is 4. The number of nitrogens with one attached hydrogen (secondary N) is 1. The van der Waals surface area contributed by atoms with Crippen molar-refractivity contribution in [2.45, 2.75) is 20.8 Å². The van der Waals surface area contributed by atoms with Gasteiger partial charge in [0.1, 0.15) is 13.2 Å². The minimum Gasteiger partial charge on any atom is -0.486 e. The number of fused-ring (bicyclic) bond motifs is 1. The van der Waals surface area contributed by atoms with Gasteiger partial charge < -0.3 is 19.4 Å². The molecule has 1 aliphatic heterocycles. The van der Waals surface area contributed by atoms with Gasteiger partial charge in [-0.2, -0.15) is 5.26 Å². The van der Waals surface area contributed by atoms with Crippen LogP contribution in [0.15, 0.2) is 24.3 Å². The van der Waals surface area contributed by atoms with Crippen molar-refractivity contribution >= 4 is 5.91 Å². The Hall–Kier alpha value is -2.94. The maximum Gasteiger partial charge on any atom is 0.253 e. The van der Waals surface area contributed by atoms with Gasteiger partial charge in [-0.1, -0.05) is 0 Å². The standard InChI is InChI=1S/C19H21N3O3/c1-12(10-20)11-21-19(23)16-8-13(2)22(14(16)3)15-4-5-17-18(9-15)25-7-6-24-17/h4-5,8-9,12H,6-7,11H2,1-3H3,(H,21,23). The fourth-order valence-electron chi connectivity index (χ4n) is 2.95. The Morgan fingerprint density at radius 2 is 2.00 bits per heavy atom. The molecule has 1 aromatic carbocycles. The van der Waals surface area contributed by atoms with E-state index in [1.807, 2.05) is 42.7 Å². The first-order valence-electron chi connectivity index (χ1n) is 8.28. The monoisotopic (exact) mass is 339 g/mol. The number of hydrogen-bond donors (Lipinski definition) is 1. The smallest absolute Gasteiger partial charge is 0.253 e. The number of rotatable bonds is 4. The third-order valence-electron chi connectivity index (χ3n) is 4.25. The molecule has 3 rings (SSSR count). The molecular formula is C19H21N3O3. The van der Waals surface area contributed by atoms with E-state index in [9.17, 15) is 4.79 Å². The summed E-state index contributed by atoms with van der Waals surface area (Å²) in [6.07, 6.45) is 0. The Bertz CT molecular complexity index is 848. The van der Waals surface area contributed by atoms with Crippen LogP contribution in [0, 0.1) is 31.1 Å². The van der Waals surface area contributed by atoms with E-state index in [0.717, 1.165) is 22.8 Å². The van der Waals surface area contributed by atoms with Crippen LogP contribution in [0.2, 0.25) is 0 Å². The molecule has 2 aromatic rings. The van der Waals surface area contributed by atoms with Crippen molar-refractivity contribution in [2.24, 2.45) is 5.92 Å². The Morgan fingerprint density at radius 3 is 2.72 bits per heavy atom. The van der Waals surface area contributed by atoms with Crippen LogP contribution in [-0.4, -0.2) is 30.2 Å². The normalized spacial score (nSPS) is 13.8. The van der Waals surface area contributed by atoms with Gasteiger partial charge in [-0.05, 0) is 39.0 Å². The van der Waals surface area contributed by atoms with Crippen LogP contribution in [0.25, 0.3) is 5.69 Å². The summed E-state index contributed by atoms with van der Waals surface area (Å²) in [4.78, 5) is 12.4. The second kappa shape index (κ2) is 6.89. The minimum atomic E-state index is -0.217. The van der Waals surface area contributed by atoms with E-state index in [1.165, 1.54) is 0 Å². The van der Waals surface area contributed by atoms with Crippen molar-refractivity contribution in [3.63, 3.8) is 0 Å². The molecule has 1 unspecified atom stereocenters. The molecular weight excluding hydrogens is 318 g/mol. The highest BCUT2D eigenvalue weighted by Crippen LogP contribution is 2.33. The van der Waals surface area contributed by atoms with Crippen molar-refractivity contribution in [3.8, 4) is 23.3 Å². The SMILES string of the molecule is Cc1cc(C(=O)NCC(C)C#N)c(C)n1-c1ccc2c(c1)OCCO2. The van der Waals surface area contributed by atoms with Crippen molar-refractivity contribution in [1.82, 2.24) is 9.88 Å². The lowest BCUT2D eigenvalue weighted by Crippen LogP contribution is -2.28. The van der Waals surface area contributed by atoms with Gasteiger partial charge in [0.2, 0.25) is 0 Å². The maximum absolute atomic E-state index is 12.4. The molecule has 1 amide bonds. The zero-order valence-electron chi connectivity index (χ0n) is 14.6. The Morgan fingerprint density at radius 1 is 1.28 bits per heavy atom. The van der Waals surface area contributed by atoms with Crippen molar-refractivity contribution < 1.29 is 14.3 Å². The summed E-state index contributed by atoms with van der Waals surface area (Å²) in [7, 11) is 0. The van der Waals surface area contributed by atoms with Gasteiger partial charge in [-0.15, -0.1) is 0 Å². The van der Waals surface area contributed by atoms with Crippen molar-refractivity contribution in [1.29, 1.82) is 5.26 Å². The van der Waals surface area contributed by atoms with Crippen molar-refractivity contribution in [2.75, 3.05) is 19.8 Å². The number of amides is 1. The number of carbonyl (C=O) groups is 1. The second-order valence-electron chi connectivity index (χ2n) is 6.19. The van der Waals surface area contributed by atoms with Gasteiger partial charge in [-0.25, -0.2) is 0 Å². The topological polar surface area (TPSA) is 76.3 Å². The second-order valence-corrected chi connectivity index (χ2v) is 6.19. The quantitative estimate of drug-likeness (QED) is 0.929. The van der Waals surface area contributed by atoms with E-state index in [0.29, 0.717) is 31.1 Å². The fourth-order valence-corrected chi connectivity index (χ4v) is 2.95. The van der Waals surface area contributed by atoms with Crippen LogP contribution in [-0.2, 0) is 0 Å². The largest absolute Gasteiger partial charge is 0.486 e. The van der Waals surface area contributed by atoms with E-state index in [-0.39, 0.29) is 11.8 Å². The first-order valence-corrected chi connectivity index (χ1v) is 8.28. The third kappa shape index (κ3) is 3.31. The van der Waals surface area contributed by atoms with Gasteiger partial charge in [0, 0.05) is 29.7 Å². The first-order chi connectivity index (χ1) is 12.0. The minimum absolute atomic E-state index is 0.168. The molecule has 0 saturated heterocycles. The van der Waals surface area contributed by atoms with Crippen LogP contribution in [0.3, 0.4) is 0 Å². The van der Waals surface area contributed by atoms with Gasteiger partial charge in [-0.3, -0.25) is 4.79 Å². The van der Waals surface area contributed by atoms with Gasteiger partial charge in [0.15, 0.2) is 11.5 Å². The van der Waals surface area contributed by atoms with E-state index >= 15 is 0 Å². The zero-order chi connectivity index (χ0) is 18.0. The predicted octanol–water partition coefficient (Wildman–Crippen LogP) is 2.75. The van der Waals surface area contributed by atoms with E-state index in [1.54, 1.807) is 6.92 Å². The molecule has 0 saturated carbocycles. The Labute approximate surface area is 147 Å².